The Morgan fingerprint density at radius 2 is 1.71 bits per heavy atom. The summed E-state index contributed by atoms with van der Waals surface area (Å²) in [6.45, 7) is 5.70. The van der Waals surface area contributed by atoms with Crippen molar-refractivity contribution in [3.8, 4) is 22.7 Å². The van der Waals surface area contributed by atoms with Crippen LogP contribution >= 0.6 is 0 Å². The molecule has 0 aliphatic rings. The molecule has 0 bridgehead atoms. The number of aromatic nitrogens is 4. The van der Waals surface area contributed by atoms with Gasteiger partial charge in [-0.2, -0.15) is 5.10 Å². The van der Waals surface area contributed by atoms with Gasteiger partial charge in [-0.25, -0.2) is 18.4 Å². The smallest absolute Gasteiger partial charge is 0.267 e. The molecule has 0 aliphatic heterocycles. The van der Waals surface area contributed by atoms with Gasteiger partial charge in [-0.05, 0) is 68.8 Å². The highest BCUT2D eigenvalue weighted by Gasteiger charge is 2.18. The molecular formula is C27H22F2N4O2. The van der Waals surface area contributed by atoms with E-state index in [0.717, 1.165) is 29.1 Å². The summed E-state index contributed by atoms with van der Waals surface area (Å²) < 4.78 is 35.8. The van der Waals surface area contributed by atoms with Gasteiger partial charge in [0.2, 0.25) is 0 Å². The Kier molecular flexibility index (Phi) is 5.64. The molecule has 0 amide bonds. The molecule has 0 unspecified atom stereocenters. The first-order valence-corrected chi connectivity index (χ1v) is 11.0. The van der Waals surface area contributed by atoms with Crippen LogP contribution in [-0.2, 0) is 6.61 Å². The third kappa shape index (κ3) is 4.19. The predicted molar refractivity (Wildman–Crippen MR) is 129 cm³/mol. The second-order valence-electron chi connectivity index (χ2n) is 8.40. The highest BCUT2D eigenvalue weighted by Crippen LogP contribution is 2.25. The van der Waals surface area contributed by atoms with E-state index in [9.17, 15) is 13.6 Å². The largest absolute Gasteiger partial charge is 0.485 e. The maximum atomic E-state index is 13.5. The number of fused-ring (bicyclic) bond motifs is 1. The Morgan fingerprint density at radius 1 is 0.943 bits per heavy atom. The number of halogens is 2. The lowest BCUT2D eigenvalue weighted by Crippen LogP contribution is -2.19. The average Bonchev–Trinajstić information content (AvgIpc) is 3.21. The van der Waals surface area contributed by atoms with Crippen molar-refractivity contribution < 1.29 is 13.5 Å². The number of nitrogens with zero attached hydrogens (tertiary/aromatic N) is 4. The van der Waals surface area contributed by atoms with Gasteiger partial charge in [0.15, 0.2) is 23.0 Å². The van der Waals surface area contributed by atoms with Crippen LogP contribution in [0.5, 0.6) is 5.75 Å². The molecule has 0 radical (unpaired) electrons. The molecule has 0 N–H and O–H groups in total. The van der Waals surface area contributed by atoms with E-state index in [1.165, 1.54) is 10.5 Å². The van der Waals surface area contributed by atoms with E-state index in [1.54, 1.807) is 29.9 Å². The Labute approximate surface area is 200 Å². The molecule has 0 aliphatic carbocycles. The minimum absolute atomic E-state index is 0.00626. The third-order valence-corrected chi connectivity index (χ3v) is 5.80. The van der Waals surface area contributed by atoms with E-state index >= 15 is 0 Å². The lowest BCUT2D eigenvalue weighted by atomic mass is 10.1. The molecule has 176 valence electrons. The van der Waals surface area contributed by atoms with Crippen molar-refractivity contribution in [1.82, 2.24) is 19.2 Å². The Bertz CT molecular complexity index is 1620. The molecule has 0 fully saturated rings. The Balaban J connectivity index is 1.53. The van der Waals surface area contributed by atoms with Crippen molar-refractivity contribution >= 4 is 5.65 Å². The molecule has 8 heteroatoms. The summed E-state index contributed by atoms with van der Waals surface area (Å²) in [5, 5.41) is 4.69. The maximum Gasteiger partial charge on any atom is 0.267 e. The van der Waals surface area contributed by atoms with E-state index in [2.05, 4.69) is 10.1 Å². The first-order chi connectivity index (χ1) is 16.8. The molecule has 2 aromatic carbocycles. The summed E-state index contributed by atoms with van der Waals surface area (Å²) in [6.07, 6.45) is 1.61. The second kappa shape index (κ2) is 8.79. The number of hydrogen-bond acceptors (Lipinski definition) is 4. The molecule has 0 spiro atoms. The number of aryl methyl sites for hydroxylation is 3. The summed E-state index contributed by atoms with van der Waals surface area (Å²) in [6, 6.07) is 16.8. The topological polar surface area (TPSA) is 61.4 Å². The second-order valence-corrected chi connectivity index (χ2v) is 8.40. The van der Waals surface area contributed by atoms with Crippen LogP contribution in [0.2, 0.25) is 0 Å². The van der Waals surface area contributed by atoms with Gasteiger partial charge in [0.1, 0.15) is 12.3 Å². The fourth-order valence-corrected chi connectivity index (χ4v) is 3.99. The number of ether oxygens (including phenoxy) is 1. The molecule has 0 saturated carbocycles. The van der Waals surface area contributed by atoms with Gasteiger partial charge < -0.3 is 4.74 Å². The van der Waals surface area contributed by atoms with Crippen molar-refractivity contribution in [1.29, 1.82) is 0 Å². The Morgan fingerprint density at radius 3 is 2.46 bits per heavy atom. The zero-order valence-corrected chi connectivity index (χ0v) is 19.4. The van der Waals surface area contributed by atoms with Crippen LogP contribution < -0.4 is 10.3 Å². The van der Waals surface area contributed by atoms with Crippen LogP contribution in [0.25, 0.3) is 22.6 Å². The normalized spacial score (nSPS) is 11.2. The fourth-order valence-electron chi connectivity index (χ4n) is 3.99. The van der Waals surface area contributed by atoms with Crippen molar-refractivity contribution in [2.24, 2.45) is 0 Å². The maximum absolute atomic E-state index is 13.5. The highest BCUT2D eigenvalue weighted by atomic mass is 19.2. The van der Waals surface area contributed by atoms with Gasteiger partial charge in [0.25, 0.3) is 5.56 Å². The van der Waals surface area contributed by atoms with Crippen LogP contribution in [0.1, 0.15) is 22.5 Å². The zero-order valence-electron chi connectivity index (χ0n) is 19.4. The summed E-state index contributed by atoms with van der Waals surface area (Å²) in [5.41, 5.74) is 4.88. The molecule has 0 saturated heterocycles. The van der Waals surface area contributed by atoms with Crippen LogP contribution in [0.4, 0.5) is 8.78 Å². The number of pyridine rings is 1. The molecule has 0 atom stereocenters. The van der Waals surface area contributed by atoms with Crippen molar-refractivity contribution in [2.45, 2.75) is 27.4 Å². The predicted octanol–water partition coefficient (Wildman–Crippen LogP) is 5.33. The minimum atomic E-state index is -0.945. The monoisotopic (exact) mass is 472 g/mol. The van der Waals surface area contributed by atoms with Gasteiger partial charge in [-0.15, -0.1) is 0 Å². The van der Waals surface area contributed by atoms with Gasteiger partial charge in [-0.3, -0.25) is 9.20 Å². The Hall–Kier alpha value is -4.33. The van der Waals surface area contributed by atoms with Crippen LogP contribution in [0.15, 0.2) is 71.7 Å². The molecule has 3 aromatic heterocycles. The SMILES string of the molecule is Cc1ccc(-n2nc(-c3c(C)nc4c(OCc5ccc(F)c(F)c5)cccn4c3=O)cc2C)cc1. The molecule has 5 aromatic rings. The van der Waals surface area contributed by atoms with E-state index in [1.807, 2.05) is 44.2 Å². The summed E-state index contributed by atoms with van der Waals surface area (Å²) in [5.74, 6) is -1.51. The zero-order chi connectivity index (χ0) is 24.7. The first kappa shape index (κ1) is 22.5. The van der Waals surface area contributed by atoms with Crippen LogP contribution in [-0.4, -0.2) is 19.2 Å². The summed E-state index contributed by atoms with van der Waals surface area (Å²) in [4.78, 5) is 18.1. The van der Waals surface area contributed by atoms with Gasteiger partial charge in [0, 0.05) is 11.9 Å². The summed E-state index contributed by atoms with van der Waals surface area (Å²) >= 11 is 0. The standard InChI is InChI=1S/C27H22F2N4O2/c1-16-6-9-20(10-7-16)33-17(2)13-23(31-33)25-18(3)30-26-24(5-4-12-32(26)27(25)34)35-15-19-8-11-21(28)22(29)14-19/h4-14H,15H2,1-3H3. The van der Waals surface area contributed by atoms with E-state index in [0.29, 0.717) is 33.9 Å². The first-order valence-electron chi connectivity index (χ1n) is 11.0. The van der Waals surface area contributed by atoms with Crippen molar-refractivity contribution in [2.75, 3.05) is 0 Å². The third-order valence-electron chi connectivity index (χ3n) is 5.80. The molecule has 6 nitrogen and oxygen atoms in total. The lowest BCUT2D eigenvalue weighted by molar-refractivity contribution is 0.306. The summed E-state index contributed by atoms with van der Waals surface area (Å²) in [7, 11) is 0. The molecular weight excluding hydrogens is 450 g/mol. The van der Waals surface area contributed by atoms with Crippen LogP contribution in [0, 0.1) is 32.4 Å². The molecule has 35 heavy (non-hydrogen) atoms. The van der Waals surface area contributed by atoms with Gasteiger partial charge >= 0.3 is 0 Å². The fraction of sp³-hybridized carbons (Fsp3) is 0.148. The van der Waals surface area contributed by atoms with Crippen molar-refractivity contribution in [3.63, 3.8) is 0 Å². The number of rotatable bonds is 5. The highest BCUT2D eigenvalue weighted by molar-refractivity contribution is 5.65. The van der Waals surface area contributed by atoms with Crippen LogP contribution in [0.3, 0.4) is 0 Å². The van der Waals surface area contributed by atoms with Gasteiger partial charge in [-0.1, -0.05) is 23.8 Å². The average molecular weight is 472 g/mol. The van der Waals surface area contributed by atoms with Crippen molar-refractivity contribution in [3.05, 3.63) is 111 Å². The molecule has 3 heterocycles. The van der Waals surface area contributed by atoms with E-state index < -0.39 is 11.6 Å². The van der Waals surface area contributed by atoms with Gasteiger partial charge in [0.05, 0.1) is 16.9 Å². The number of benzene rings is 2. The van der Waals surface area contributed by atoms with E-state index in [4.69, 9.17) is 4.74 Å². The minimum Gasteiger partial charge on any atom is -0.485 e. The lowest BCUT2D eigenvalue weighted by Gasteiger charge is -2.12. The van der Waals surface area contributed by atoms with E-state index in [-0.39, 0.29) is 12.2 Å². The quantitative estimate of drug-likeness (QED) is 0.347. The molecule has 5 rings (SSSR count). The number of hydrogen-bond donors (Lipinski definition) is 0.